The van der Waals surface area contributed by atoms with Crippen molar-refractivity contribution in [2.45, 2.75) is 13.0 Å². The summed E-state index contributed by atoms with van der Waals surface area (Å²) in [7, 11) is 1.64. The molecule has 0 unspecified atom stereocenters. The third-order valence-electron chi connectivity index (χ3n) is 1.04. The van der Waals surface area contributed by atoms with Crippen molar-refractivity contribution in [2.75, 3.05) is 7.11 Å². The fourth-order valence-corrected chi connectivity index (χ4v) is 0.398. The first-order valence-corrected chi connectivity index (χ1v) is 3.07. The largest absolute Gasteiger partial charge is 0.381 e. The lowest BCUT2D eigenvalue weighted by atomic mass is 10.1. The smallest absolute Gasteiger partial charge is 0.0672 e. The van der Waals surface area contributed by atoms with Gasteiger partial charge >= 0.3 is 0 Å². The van der Waals surface area contributed by atoms with E-state index in [2.05, 4.69) is 0 Å². The van der Waals surface area contributed by atoms with Crippen molar-refractivity contribution < 1.29 is 4.74 Å². The summed E-state index contributed by atoms with van der Waals surface area (Å²) in [4.78, 5) is 0. The highest BCUT2D eigenvalue weighted by molar-refractivity contribution is 5.13. The van der Waals surface area contributed by atoms with E-state index in [9.17, 15) is 0 Å². The highest BCUT2D eigenvalue weighted by Gasteiger charge is 1.98. The maximum Gasteiger partial charge on any atom is 0.0672 e. The van der Waals surface area contributed by atoms with Gasteiger partial charge in [-0.2, -0.15) is 5.26 Å². The number of ether oxygens (including phenoxy) is 1. The minimum atomic E-state index is 0.114. The number of hydrogen-bond acceptors (Lipinski definition) is 2. The lowest BCUT2D eigenvalue weighted by molar-refractivity contribution is 0.146. The Balaban J connectivity index is 2.98. The van der Waals surface area contributed by atoms with Crippen LogP contribution >= 0.6 is 0 Å². The minimum Gasteiger partial charge on any atom is -0.381 e. The van der Waals surface area contributed by atoms with Crippen LogP contribution in [0, 0.1) is 37.0 Å². The van der Waals surface area contributed by atoms with Gasteiger partial charge in [-0.3, -0.25) is 0 Å². The maximum absolute atomic E-state index is 8.09. The first-order valence-electron chi connectivity index (χ1n) is 3.07. The lowest BCUT2D eigenvalue weighted by Crippen LogP contribution is -2.05. The molecule has 0 N–H and O–H groups in total. The number of rotatable bonds is 5. The Kier molecular flexibility index (Phi) is 6.21. The first-order chi connectivity index (χ1) is 4.81. The van der Waals surface area contributed by atoms with Crippen molar-refractivity contribution in [3.8, 4) is 6.07 Å². The fraction of sp³-hybridized carbons (Fsp3) is 0.375. The van der Waals surface area contributed by atoms with Gasteiger partial charge in [-0.05, 0) is 26.2 Å². The predicted molar refractivity (Wildman–Crippen MR) is 39.3 cm³/mol. The maximum atomic E-state index is 8.09. The highest BCUT2D eigenvalue weighted by Crippen LogP contribution is 2.00. The Hall–Kier alpha value is -0.550. The van der Waals surface area contributed by atoms with Crippen LogP contribution in [0.25, 0.3) is 0 Å². The van der Waals surface area contributed by atoms with E-state index < -0.39 is 0 Å². The number of unbranched alkanes of at least 4 members (excludes halogenated alkanes) is 2. The molecule has 0 aliphatic heterocycles. The summed E-state index contributed by atoms with van der Waals surface area (Å²) >= 11 is 0. The normalized spacial score (nSPS) is 12.5. The van der Waals surface area contributed by atoms with E-state index in [1.54, 1.807) is 20.0 Å². The van der Waals surface area contributed by atoms with Crippen LogP contribution in [-0.2, 0) is 4.74 Å². The van der Waals surface area contributed by atoms with Crippen molar-refractivity contribution in [1.29, 1.82) is 5.26 Å². The first kappa shape index (κ1) is 9.45. The Bertz CT molecular complexity index is 106. The molecule has 0 spiro atoms. The van der Waals surface area contributed by atoms with Crippen molar-refractivity contribution in [1.82, 2.24) is 0 Å². The summed E-state index contributed by atoms with van der Waals surface area (Å²) in [6.45, 7) is 1.93. The van der Waals surface area contributed by atoms with Crippen LogP contribution in [0.3, 0.4) is 0 Å². The summed E-state index contributed by atoms with van der Waals surface area (Å²) in [6.07, 6.45) is 6.86. The molecule has 0 saturated carbocycles. The van der Waals surface area contributed by atoms with Crippen molar-refractivity contribution >= 4 is 0 Å². The van der Waals surface area contributed by atoms with Crippen LogP contribution in [-0.4, -0.2) is 13.2 Å². The van der Waals surface area contributed by atoms with Gasteiger partial charge in [-0.25, -0.2) is 0 Å². The van der Waals surface area contributed by atoms with E-state index >= 15 is 0 Å². The summed E-state index contributed by atoms with van der Waals surface area (Å²) in [5.41, 5.74) is 0. The van der Waals surface area contributed by atoms with E-state index in [0.29, 0.717) is 0 Å². The Morgan fingerprint density at radius 3 is 2.70 bits per heavy atom. The number of hydrogen-bond donors (Lipinski definition) is 0. The van der Waals surface area contributed by atoms with E-state index in [4.69, 9.17) is 10.00 Å². The standard InChI is InChI=1S/C8H11NO/c1-8(10-2)6-4-3-5-7-9/h3-6,8H,1-2H3/t8-/m0/s1. The zero-order valence-electron chi connectivity index (χ0n) is 6.24. The molecule has 0 rings (SSSR count). The molecule has 1 atom stereocenters. The molecule has 0 aromatic rings. The van der Waals surface area contributed by atoms with Crippen molar-refractivity contribution in [2.24, 2.45) is 0 Å². The molecule has 2 nitrogen and oxygen atoms in total. The summed E-state index contributed by atoms with van der Waals surface area (Å²) in [5, 5.41) is 8.09. The average Bonchev–Trinajstić information content (AvgIpc) is 1.98. The fourth-order valence-electron chi connectivity index (χ4n) is 0.398. The van der Waals surface area contributed by atoms with Crippen LogP contribution in [0.2, 0.25) is 0 Å². The van der Waals surface area contributed by atoms with Crippen molar-refractivity contribution in [3.63, 3.8) is 0 Å². The topological polar surface area (TPSA) is 33.0 Å². The quantitative estimate of drug-likeness (QED) is 0.536. The molecule has 0 aliphatic carbocycles. The van der Waals surface area contributed by atoms with Gasteiger partial charge in [0.15, 0.2) is 0 Å². The van der Waals surface area contributed by atoms with E-state index in [0.717, 1.165) is 0 Å². The van der Waals surface area contributed by atoms with E-state index in [1.807, 2.05) is 19.4 Å². The molecule has 0 saturated heterocycles. The lowest BCUT2D eigenvalue weighted by Gasteiger charge is -2.05. The monoisotopic (exact) mass is 137 g/mol. The van der Waals surface area contributed by atoms with Crippen LogP contribution in [0.1, 0.15) is 6.92 Å². The van der Waals surface area contributed by atoms with Gasteiger partial charge in [0.2, 0.25) is 0 Å². The van der Waals surface area contributed by atoms with Crippen LogP contribution in [0.4, 0.5) is 0 Å². The van der Waals surface area contributed by atoms with Gasteiger partial charge in [-0.15, -0.1) is 0 Å². The number of methoxy groups -OCH3 is 1. The molecule has 0 bridgehead atoms. The molecule has 0 amide bonds. The molecule has 54 valence electrons. The predicted octanol–water partition coefficient (Wildman–Crippen LogP) is 1.36. The highest BCUT2D eigenvalue weighted by atomic mass is 16.5. The zero-order valence-corrected chi connectivity index (χ0v) is 6.24. The Morgan fingerprint density at radius 2 is 2.20 bits per heavy atom. The van der Waals surface area contributed by atoms with E-state index in [-0.39, 0.29) is 6.10 Å². The average molecular weight is 137 g/mol. The van der Waals surface area contributed by atoms with Gasteiger partial charge in [0.25, 0.3) is 0 Å². The molecule has 10 heavy (non-hydrogen) atoms. The summed E-state index contributed by atoms with van der Waals surface area (Å²) in [5.74, 6) is 0. The Labute approximate surface area is 62.8 Å². The SMILES string of the molecule is CO[C@@H](C)[CH][CH][CH][CH]C#N. The second kappa shape index (κ2) is 6.57. The van der Waals surface area contributed by atoms with Gasteiger partial charge in [0.05, 0.1) is 18.6 Å². The molecule has 2 heteroatoms. The zero-order chi connectivity index (χ0) is 7.82. The third kappa shape index (κ3) is 5.58. The van der Waals surface area contributed by atoms with Crippen LogP contribution < -0.4 is 0 Å². The summed E-state index contributed by atoms with van der Waals surface area (Å²) in [6, 6.07) is 1.89. The second-order valence-corrected chi connectivity index (χ2v) is 1.81. The molecule has 0 fully saturated rings. The molecule has 0 aromatic carbocycles. The van der Waals surface area contributed by atoms with Crippen LogP contribution in [0.5, 0.6) is 0 Å². The van der Waals surface area contributed by atoms with E-state index in [1.165, 1.54) is 6.42 Å². The minimum absolute atomic E-state index is 0.114. The number of nitriles is 1. The molecular formula is C8H11NO. The molecular weight excluding hydrogens is 126 g/mol. The third-order valence-corrected chi connectivity index (χ3v) is 1.04. The molecule has 0 heterocycles. The van der Waals surface area contributed by atoms with Crippen LogP contribution in [0.15, 0.2) is 0 Å². The van der Waals surface area contributed by atoms with Gasteiger partial charge in [-0.1, -0.05) is 0 Å². The van der Waals surface area contributed by atoms with Crippen molar-refractivity contribution in [3.05, 3.63) is 25.7 Å². The second-order valence-electron chi connectivity index (χ2n) is 1.81. The Morgan fingerprint density at radius 1 is 1.50 bits per heavy atom. The number of nitrogens with zero attached hydrogens (tertiary/aromatic N) is 1. The van der Waals surface area contributed by atoms with Gasteiger partial charge in [0.1, 0.15) is 0 Å². The molecule has 4 radical (unpaired) electrons. The van der Waals surface area contributed by atoms with Gasteiger partial charge < -0.3 is 4.74 Å². The summed E-state index contributed by atoms with van der Waals surface area (Å²) < 4.78 is 4.93. The molecule has 0 aliphatic rings. The molecule has 0 aromatic heterocycles. The van der Waals surface area contributed by atoms with Gasteiger partial charge in [0, 0.05) is 7.11 Å².